The van der Waals surface area contributed by atoms with Gasteiger partial charge in [0.1, 0.15) is 0 Å². The normalized spacial score (nSPS) is 14.8. The van der Waals surface area contributed by atoms with E-state index in [0.29, 0.717) is 12.3 Å². The summed E-state index contributed by atoms with van der Waals surface area (Å²) in [6, 6.07) is 0. The van der Waals surface area contributed by atoms with Crippen LogP contribution in [-0.2, 0) is 9.59 Å². The van der Waals surface area contributed by atoms with Crippen molar-refractivity contribution in [2.75, 3.05) is 13.6 Å². The van der Waals surface area contributed by atoms with Crippen molar-refractivity contribution in [3.05, 3.63) is 24.8 Å². The maximum atomic E-state index is 12.1. The summed E-state index contributed by atoms with van der Waals surface area (Å²) in [5.41, 5.74) is 0. The summed E-state index contributed by atoms with van der Waals surface area (Å²) in [4.78, 5) is 24.9. The van der Waals surface area contributed by atoms with Gasteiger partial charge >= 0.3 is 5.97 Å². The van der Waals surface area contributed by atoms with Crippen LogP contribution in [0.2, 0.25) is 0 Å². The monoisotopic (exact) mass is 305 g/mol. The molecule has 1 amide bonds. The maximum absolute atomic E-state index is 12.1. The van der Waals surface area contributed by atoms with E-state index in [1.807, 2.05) is 18.2 Å². The number of nitrogens with zero attached hydrogens (tertiary/aromatic N) is 1. The van der Waals surface area contributed by atoms with Crippen LogP contribution in [0.25, 0.3) is 0 Å². The Kier molecular flexibility index (Phi) is 9.69. The van der Waals surface area contributed by atoms with Crippen molar-refractivity contribution in [1.82, 2.24) is 4.90 Å². The number of amides is 1. The van der Waals surface area contributed by atoms with E-state index in [4.69, 9.17) is 6.42 Å². The number of carbonyl (C=O) groups excluding carboxylic acids is 1. The standard InChI is InChI=1S/C18H27NO3/c1-6-13-19(5)17(20)15(4)16(18(21)22)12-10-8-9-11-14(3)7-2/h1,7-8,10,14-16H,2,9,11-13H2,3-5H3,(H,21,22)/b10-8+. The Labute approximate surface area is 133 Å². The predicted molar refractivity (Wildman–Crippen MR) is 89.1 cm³/mol. The lowest BCUT2D eigenvalue weighted by Crippen LogP contribution is -2.37. The smallest absolute Gasteiger partial charge is 0.307 e. The summed E-state index contributed by atoms with van der Waals surface area (Å²) in [7, 11) is 1.59. The molecule has 0 spiro atoms. The van der Waals surface area contributed by atoms with Crippen molar-refractivity contribution in [2.45, 2.75) is 33.1 Å². The number of rotatable bonds is 10. The van der Waals surface area contributed by atoms with Crippen LogP contribution in [0.5, 0.6) is 0 Å². The first-order valence-electron chi connectivity index (χ1n) is 7.53. The van der Waals surface area contributed by atoms with Gasteiger partial charge in [-0.25, -0.2) is 0 Å². The topological polar surface area (TPSA) is 57.6 Å². The van der Waals surface area contributed by atoms with Gasteiger partial charge in [0, 0.05) is 13.0 Å². The third-order valence-corrected chi connectivity index (χ3v) is 3.76. The van der Waals surface area contributed by atoms with Gasteiger partial charge in [-0.05, 0) is 25.2 Å². The average Bonchev–Trinajstić information content (AvgIpc) is 2.48. The minimum Gasteiger partial charge on any atom is -0.481 e. The molecule has 4 nitrogen and oxygen atoms in total. The first-order chi connectivity index (χ1) is 10.3. The van der Waals surface area contributed by atoms with Crippen molar-refractivity contribution in [2.24, 2.45) is 17.8 Å². The largest absolute Gasteiger partial charge is 0.481 e. The Morgan fingerprint density at radius 1 is 1.36 bits per heavy atom. The number of carboxylic acid groups (broad SMARTS) is 1. The molecule has 0 aliphatic carbocycles. The van der Waals surface area contributed by atoms with Gasteiger partial charge in [0.2, 0.25) is 5.91 Å². The van der Waals surface area contributed by atoms with Gasteiger partial charge in [-0.15, -0.1) is 13.0 Å². The fraction of sp³-hybridized carbons (Fsp3) is 0.556. The Balaban J connectivity index is 4.57. The van der Waals surface area contributed by atoms with E-state index in [9.17, 15) is 14.7 Å². The number of hydrogen-bond donors (Lipinski definition) is 1. The molecule has 0 aromatic rings. The van der Waals surface area contributed by atoms with E-state index < -0.39 is 17.8 Å². The average molecular weight is 305 g/mol. The number of aliphatic carboxylic acids is 1. The van der Waals surface area contributed by atoms with Crippen LogP contribution in [0, 0.1) is 30.1 Å². The molecule has 3 unspecified atom stereocenters. The second kappa shape index (κ2) is 10.7. The number of carbonyl (C=O) groups is 2. The summed E-state index contributed by atoms with van der Waals surface area (Å²) >= 11 is 0. The zero-order valence-corrected chi connectivity index (χ0v) is 13.8. The summed E-state index contributed by atoms with van der Waals surface area (Å²) in [5.74, 6) is 0.290. The van der Waals surface area contributed by atoms with Crippen molar-refractivity contribution >= 4 is 11.9 Å². The molecule has 0 heterocycles. The minimum absolute atomic E-state index is 0.185. The van der Waals surface area contributed by atoms with Gasteiger partial charge in [-0.1, -0.05) is 38.0 Å². The first kappa shape index (κ1) is 20.0. The predicted octanol–water partition coefficient (Wildman–Crippen LogP) is 2.96. The molecule has 3 atom stereocenters. The van der Waals surface area contributed by atoms with Gasteiger partial charge in [0.05, 0.1) is 12.5 Å². The molecule has 122 valence electrons. The minimum atomic E-state index is -0.959. The van der Waals surface area contributed by atoms with Crippen molar-refractivity contribution in [3.8, 4) is 12.3 Å². The highest BCUT2D eigenvalue weighted by atomic mass is 16.4. The highest BCUT2D eigenvalue weighted by molar-refractivity contribution is 5.84. The zero-order chi connectivity index (χ0) is 17.1. The molecule has 22 heavy (non-hydrogen) atoms. The first-order valence-corrected chi connectivity index (χ1v) is 7.53. The summed E-state index contributed by atoms with van der Waals surface area (Å²) < 4.78 is 0. The van der Waals surface area contributed by atoms with Crippen LogP contribution in [0.1, 0.15) is 33.1 Å². The van der Waals surface area contributed by atoms with Gasteiger partial charge in [-0.3, -0.25) is 9.59 Å². The van der Waals surface area contributed by atoms with Crippen LogP contribution in [0.15, 0.2) is 24.8 Å². The zero-order valence-electron chi connectivity index (χ0n) is 13.8. The Morgan fingerprint density at radius 3 is 2.50 bits per heavy atom. The van der Waals surface area contributed by atoms with E-state index in [-0.39, 0.29) is 12.5 Å². The molecule has 0 saturated heterocycles. The molecule has 4 heteroatoms. The highest BCUT2D eigenvalue weighted by Gasteiger charge is 2.30. The summed E-state index contributed by atoms with van der Waals surface area (Å²) in [5, 5.41) is 9.33. The molecule has 1 N–H and O–H groups in total. The Bertz CT molecular complexity index is 448. The van der Waals surface area contributed by atoms with E-state index >= 15 is 0 Å². The van der Waals surface area contributed by atoms with Gasteiger partial charge in [0.15, 0.2) is 0 Å². The Hall–Kier alpha value is -2.02. The SMILES string of the molecule is C#CCN(C)C(=O)C(C)C(C/C=C/CCC(C)C=C)C(=O)O. The van der Waals surface area contributed by atoms with E-state index in [2.05, 4.69) is 19.4 Å². The second-order valence-electron chi connectivity index (χ2n) is 5.63. The molecule has 0 aliphatic heterocycles. The third kappa shape index (κ3) is 7.12. The lowest BCUT2D eigenvalue weighted by molar-refractivity contribution is -0.149. The van der Waals surface area contributed by atoms with Crippen molar-refractivity contribution in [3.63, 3.8) is 0 Å². The third-order valence-electron chi connectivity index (χ3n) is 3.76. The van der Waals surface area contributed by atoms with Crippen LogP contribution in [0.3, 0.4) is 0 Å². The molecule has 0 radical (unpaired) electrons. The summed E-state index contributed by atoms with van der Waals surface area (Å²) in [6.07, 6.45) is 13.1. The fourth-order valence-electron chi connectivity index (χ4n) is 2.09. The molecule has 0 aromatic heterocycles. The lowest BCUT2D eigenvalue weighted by Gasteiger charge is -2.23. The van der Waals surface area contributed by atoms with Gasteiger partial charge < -0.3 is 10.0 Å². The Morgan fingerprint density at radius 2 is 2.00 bits per heavy atom. The number of carboxylic acids is 1. The van der Waals surface area contributed by atoms with Gasteiger partial charge in [0.25, 0.3) is 0 Å². The number of hydrogen-bond acceptors (Lipinski definition) is 2. The summed E-state index contributed by atoms with van der Waals surface area (Å²) in [6.45, 7) is 7.64. The molecule has 0 aromatic carbocycles. The van der Waals surface area contributed by atoms with E-state index in [1.165, 1.54) is 4.90 Å². The second-order valence-corrected chi connectivity index (χ2v) is 5.63. The van der Waals surface area contributed by atoms with Crippen LogP contribution in [-0.4, -0.2) is 35.5 Å². The number of terminal acetylenes is 1. The van der Waals surface area contributed by atoms with Crippen LogP contribution in [0.4, 0.5) is 0 Å². The fourth-order valence-corrected chi connectivity index (χ4v) is 2.09. The molecule has 0 saturated carbocycles. The van der Waals surface area contributed by atoms with E-state index in [1.54, 1.807) is 14.0 Å². The number of allylic oxidation sites excluding steroid dienone is 3. The maximum Gasteiger partial charge on any atom is 0.307 e. The van der Waals surface area contributed by atoms with Gasteiger partial charge in [-0.2, -0.15) is 0 Å². The molecular formula is C18H27NO3. The molecule has 0 aliphatic rings. The molecule has 0 fully saturated rings. The van der Waals surface area contributed by atoms with Crippen molar-refractivity contribution in [1.29, 1.82) is 0 Å². The van der Waals surface area contributed by atoms with E-state index in [0.717, 1.165) is 12.8 Å². The van der Waals surface area contributed by atoms with Crippen LogP contribution >= 0.6 is 0 Å². The highest BCUT2D eigenvalue weighted by Crippen LogP contribution is 2.19. The van der Waals surface area contributed by atoms with Crippen molar-refractivity contribution < 1.29 is 14.7 Å². The molecule has 0 bridgehead atoms. The molecular weight excluding hydrogens is 278 g/mol. The quantitative estimate of drug-likeness (QED) is 0.498. The lowest BCUT2D eigenvalue weighted by atomic mass is 9.89. The van der Waals surface area contributed by atoms with Crippen LogP contribution < -0.4 is 0 Å². The molecule has 0 rings (SSSR count).